The minimum atomic E-state index is -4.53. The Hall–Kier alpha value is -1.61. The van der Waals surface area contributed by atoms with Crippen LogP contribution < -0.4 is 4.72 Å². The van der Waals surface area contributed by atoms with Crippen molar-refractivity contribution in [2.45, 2.75) is 49.7 Å². The first-order valence-corrected chi connectivity index (χ1v) is 8.92. The quantitative estimate of drug-likeness (QED) is 0.859. The van der Waals surface area contributed by atoms with Crippen molar-refractivity contribution < 1.29 is 31.5 Å². The molecule has 2 rings (SSSR count). The highest BCUT2D eigenvalue weighted by Gasteiger charge is 2.33. The van der Waals surface area contributed by atoms with Gasteiger partial charge in [0.05, 0.1) is 16.4 Å². The van der Waals surface area contributed by atoms with Crippen LogP contribution in [0.2, 0.25) is 0 Å². The molecule has 5 nitrogen and oxygen atoms in total. The maximum atomic E-state index is 12.7. The zero-order valence-corrected chi connectivity index (χ0v) is 13.7. The van der Waals surface area contributed by atoms with Crippen LogP contribution in [0.1, 0.15) is 36.8 Å². The summed E-state index contributed by atoms with van der Waals surface area (Å²) in [7, 11) is -3.96. The van der Waals surface area contributed by atoms with E-state index in [1.165, 1.54) is 6.92 Å². The molecule has 0 saturated heterocycles. The fourth-order valence-electron chi connectivity index (χ4n) is 2.87. The molecule has 2 N–H and O–H groups in total. The van der Waals surface area contributed by atoms with E-state index in [1.54, 1.807) is 0 Å². The van der Waals surface area contributed by atoms with Gasteiger partial charge < -0.3 is 5.11 Å². The topological polar surface area (TPSA) is 83.5 Å². The van der Waals surface area contributed by atoms with Gasteiger partial charge in [0.25, 0.3) is 0 Å². The normalized spacial score (nSPS) is 22.3. The van der Waals surface area contributed by atoms with Crippen molar-refractivity contribution >= 4 is 16.0 Å². The summed E-state index contributed by atoms with van der Waals surface area (Å²) in [4.78, 5) is 10.7. The minimum absolute atomic E-state index is 0.0107. The second-order valence-corrected chi connectivity index (χ2v) is 7.67. The number of benzene rings is 1. The molecule has 1 aromatic carbocycles. The van der Waals surface area contributed by atoms with Gasteiger partial charge in [0.1, 0.15) is 0 Å². The number of carboxylic acid groups (broad SMARTS) is 1. The number of nitrogens with one attached hydrogen (secondary N) is 1. The Morgan fingerprint density at radius 3 is 2.25 bits per heavy atom. The van der Waals surface area contributed by atoms with E-state index in [-0.39, 0.29) is 10.5 Å². The van der Waals surface area contributed by atoms with Crippen molar-refractivity contribution in [3.8, 4) is 0 Å². The van der Waals surface area contributed by atoms with Crippen molar-refractivity contribution in [3.63, 3.8) is 0 Å². The molecular weight excluding hydrogens is 347 g/mol. The maximum absolute atomic E-state index is 12.7. The average Bonchev–Trinajstić information content (AvgIpc) is 2.46. The van der Waals surface area contributed by atoms with Gasteiger partial charge in [-0.25, -0.2) is 13.1 Å². The summed E-state index contributed by atoms with van der Waals surface area (Å²) in [5.74, 6) is -1.37. The molecule has 0 atom stereocenters. The van der Waals surface area contributed by atoms with E-state index in [9.17, 15) is 26.4 Å². The van der Waals surface area contributed by atoms with Gasteiger partial charge in [0.2, 0.25) is 10.0 Å². The Bertz CT molecular complexity index is 723. The van der Waals surface area contributed by atoms with Gasteiger partial charge in [-0.05, 0) is 56.4 Å². The molecule has 0 heterocycles. The average molecular weight is 365 g/mol. The number of alkyl halides is 3. The lowest BCUT2D eigenvalue weighted by atomic mass is 9.87. The summed E-state index contributed by atoms with van der Waals surface area (Å²) in [6.07, 6.45) is -3.02. The smallest absolute Gasteiger partial charge is 0.416 e. The molecule has 0 bridgehead atoms. The number of aliphatic carboxylic acids is 1. The third-order valence-corrected chi connectivity index (χ3v) is 5.87. The molecule has 0 aliphatic heterocycles. The second kappa shape index (κ2) is 6.72. The van der Waals surface area contributed by atoms with Crippen LogP contribution in [0.4, 0.5) is 13.2 Å². The van der Waals surface area contributed by atoms with E-state index in [0.717, 1.165) is 18.2 Å². The predicted molar refractivity (Wildman–Crippen MR) is 79.9 cm³/mol. The Morgan fingerprint density at radius 1 is 1.21 bits per heavy atom. The van der Waals surface area contributed by atoms with Crippen LogP contribution in [0.25, 0.3) is 0 Å². The fraction of sp³-hybridized carbons (Fsp3) is 0.533. The van der Waals surface area contributed by atoms with E-state index in [4.69, 9.17) is 5.11 Å². The third-order valence-electron chi connectivity index (χ3n) is 4.19. The Kier molecular flexibility index (Phi) is 5.24. The number of hydrogen-bond donors (Lipinski definition) is 2. The number of carbonyl (C=O) groups is 1. The Morgan fingerprint density at radius 2 is 1.79 bits per heavy atom. The predicted octanol–water partition coefficient (Wildman–Crippen LogP) is 2.94. The van der Waals surface area contributed by atoms with Crippen molar-refractivity contribution in [3.05, 3.63) is 29.3 Å². The van der Waals surface area contributed by atoms with Gasteiger partial charge in [0, 0.05) is 6.04 Å². The number of carboxylic acids is 1. The van der Waals surface area contributed by atoms with Crippen LogP contribution in [0.15, 0.2) is 23.1 Å². The van der Waals surface area contributed by atoms with E-state index >= 15 is 0 Å². The SMILES string of the molecule is Cc1cc(C(F)(F)F)ccc1S(=O)(=O)NC1CCC(C(=O)O)CC1. The molecule has 24 heavy (non-hydrogen) atoms. The summed E-state index contributed by atoms with van der Waals surface area (Å²) in [6.45, 7) is 1.31. The van der Waals surface area contributed by atoms with E-state index in [2.05, 4.69) is 4.72 Å². The summed E-state index contributed by atoms with van der Waals surface area (Å²) in [5, 5.41) is 8.93. The van der Waals surface area contributed by atoms with Gasteiger partial charge in [-0.1, -0.05) is 0 Å². The summed E-state index contributed by atoms with van der Waals surface area (Å²) < 4.78 is 65.2. The highest BCUT2D eigenvalue weighted by Crippen LogP contribution is 2.32. The molecule has 0 aromatic heterocycles. The van der Waals surface area contributed by atoms with Crippen molar-refractivity contribution in [1.82, 2.24) is 4.72 Å². The molecule has 1 aliphatic carbocycles. The summed E-state index contributed by atoms with van der Waals surface area (Å²) in [5.41, 5.74) is -0.891. The molecule has 1 saturated carbocycles. The van der Waals surface area contributed by atoms with Gasteiger partial charge in [-0.15, -0.1) is 0 Å². The second-order valence-electron chi connectivity index (χ2n) is 5.99. The van der Waals surface area contributed by atoms with Crippen LogP contribution in [-0.2, 0) is 21.0 Å². The van der Waals surface area contributed by atoms with E-state index in [1.807, 2.05) is 0 Å². The molecule has 134 valence electrons. The largest absolute Gasteiger partial charge is 0.481 e. The minimum Gasteiger partial charge on any atom is -0.481 e. The molecule has 0 amide bonds. The molecule has 9 heteroatoms. The van der Waals surface area contributed by atoms with E-state index < -0.39 is 39.7 Å². The van der Waals surface area contributed by atoms with Crippen molar-refractivity contribution in [2.75, 3.05) is 0 Å². The molecule has 0 radical (unpaired) electrons. The van der Waals surface area contributed by atoms with Gasteiger partial charge in [0.15, 0.2) is 0 Å². The van der Waals surface area contributed by atoms with Gasteiger partial charge in [-0.2, -0.15) is 13.2 Å². The maximum Gasteiger partial charge on any atom is 0.416 e. The third kappa shape index (κ3) is 4.27. The monoisotopic (exact) mass is 365 g/mol. The molecule has 1 aliphatic rings. The van der Waals surface area contributed by atoms with Crippen molar-refractivity contribution in [2.24, 2.45) is 5.92 Å². The van der Waals surface area contributed by atoms with Gasteiger partial charge in [-0.3, -0.25) is 4.79 Å². The van der Waals surface area contributed by atoms with Crippen LogP contribution in [0.5, 0.6) is 0 Å². The number of aryl methyl sites for hydroxylation is 1. The van der Waals surface area contributed by atoms with Crippen LogP contribution >= 0.6 is 0 Å². The van der Waals surface area contributed by atoms with Gasteiger partial charge >= 0.3 is 12.1 Å². The standard InChI is InChI=1S/C15H18F3NO4S/c1-9-8-11(15(16,17)18)4-7-13(9)24(22,23)19-12-5-2-10(3-6-12)14(20)21/h4,7-8,10,12,19H,2-3,5-6H2,1H3,(H,20,21). The lowest BCUT2D eigenvalue weighted by molar-refractivity contribution is -0.143. The summed E-state index contributed by atoms with van der Waals surface area (Å²) in [6, 6.07) is 2.08. The Balaban J connectivity index is 2.13. The fourth-order valence-corrected chi connectivity index (χ4v) is 4.40. The van der Waals surface area contributed by atoms with Crippen LogP contribution in [0.3, 0.4) is 0 Å². The highest BCUT2D eigenvalue weighted by atomic mass is 32.2. The first-order valence-electron chi connectivity index (χ1n) is 7.43. The van der Waals surface area contributed by atoms with Crippen molar-refractivity contribution in [1.29, 1.82) is 0 Å². The van der Waals surface area contributed by atoms with Crippen LogP contribution in [-0.4, -0.2) is 25.5 Å². The number of rotatable bonds is 4. The highest BCUT2D eigenvalue weighted by molar-refractivity contribution is 7.89. The lowest BCUT2D eigenvalue weighted by Crippen LogP contribution is -2.38. The van der Waals surface area contributed by atoms with Crippen LogP contribution in [0, 0.1) is 12.8 Å². The molecule has 1 aromatic rings. The Labute approximate surface area is 137 Å². The number of hydrogen-bond acceptors (Lipinski definition) is 3. The summed E-state index contributed by atoms with van der Waals surface area (Å²) >= 11 is 0. The molecule has 1 fully saturated rings. The molecular formula is C15H18F3NO4S. The zero-order chi connectivity index (χ0) is 18.1. The number of halogens is 3. The molecule has 0 unspecified atom stereocenters. The number of sulfonamides is 1. The first kappa shape index (κ1) is 18.7. The van der Waals surface area contributed by atoms with E-state index in [0.29, 0.717) is 25.7 Å². The molecule has 0 spiro atoms. The zero-order valence-electron chi connectivity index (χ0n) is 12.9. The lowest BCUT2D eigenvalue weighted by Gasteiger charge is -2.27. The first-order chi connectivity index (χ1) is 11.0.